The second-order valence-electron chi connectivity index (χ2n) is 3.98. The minimum Gasteiger partial charge on any atom is -0.462 e. The zero-order valence-electron chi connectivity index (χ0n) is 11.4. The van der Waals surface area contributed by atoms with E-state index in [1.165, 1.54) is 11.8 Å². The van der Waals surface area contributed by atoms with Gasteiger partial charge in [0.25, 0.3) is 0 Å². The number of thioether (sulfide) groups is 1. The van der Waals surface area contributed by atoms with E-state index in [1.807, 2.05) is 0 Å². The molecule has 0 aromatic heterocycles. The Kier molecular flexibility index (Phi) is 7.75. The summed E-state index contributed by atoms with van der Waals surface area (Å²) in [4.78, 5) is 23.1. The van der Waals surface area contributed by atoms with Gasteiger partial charge < -0.3 is 15.2 Å². The Bertz CT molecular complexity index is 433. The van der Waals surface area contributed by atoms with Crippen LogP contribution in [0, 0.1) is 0 Å². The molecule has 0 aliphatic carbocycles. The first-order valence-electron chi connectivity index (χ1n) is 6.43. The van der Waals surface area contributed by atoms with Crippen molar-refractivity contribution in [3.05, 3.63) is 29.8 Å². The third-order valence-electron chi connectivity index (χ3n) is 2.36. The van der Waals surface area contributed by atoms with Crippen LogP contribution in [0.1, 0.15) is 23.7 Å². The van der Waals surface area contributed by atoms with Crippen LogP contribution < -0.4 is 5.32 Å². The number of benzene rings is 1. The summed E-state index contributed by atoms with van der Waals surface area (Å²) in [6.07, 6.45) is 0.687. The Balaban J connectivity index is 2.41. The maximum atomic E-state index is 11.6. The molecule has 0 aliphatic heterocycles. The van der Waals surface area contributed by atoms with Crippen molar-refractivity contribution in [2.24, 2.45) is 0 Å². The Hall–Kier alpha value is -1.53. The third kappa shape index (κ3) is 6.08. The zero-order valence-corrected chi connectivity index (χ0v) is 12.2. The summed E-state index contributed by atoms with van der Waals surface area (Å²) in [5.74, 6) is 0.632. The van der Waals surface area contributed by atoms with Crippen molar-refractivity contribution in [2.45, 2.75) is 13.3 Å². The summed E-state index contributed by atoms with van der Waals surface area (Å²) in [6, 6.07) is 6.57. The van der Waals surface area contributed by atoms with E-state index >= 15 is 0 Å². The molecule has 1 aromatic rings. The van der Waals surface area contributed by atoms with Crippen molar-refractivity contribution in [1.29, 1.82) is 0 Å². The van der Waals surface area contributed by atoms with Crippen LogP contribution in [0.5, 0.6) is 0 Å². The van der Waals surface area contributed by atoms with Gasteiger partial charge in [0.2, 0.25) is 5.91 Å². The van der Waals surface area contributed by atoms with Crippen molar-refractivity contribution >= 4 is 29.3 Å². The lowest BCUT2D eigenvalue weighted by Crippen LogP contribution is -2.14. The van der Waals surface area contributed by atoms with E-state index in [2.05, 4.69) is 5.32 Å². The molecule has 0 spiro atoms. The number of amides is 1. The van der Waals surface area contributed by atoms with Crippen LogP contribution in [-0.4, -0.2) is 41.7 Å². The summed E-state index contributed by atoms with van der Waals surface area (Å²) >= 11 is 1.47. The summed E-state index contributed by atoms with van der Waals surface area (Å²) in [5, 5.41) is 11.4. The SMILES string of the molecule is CCOC(=O)c1ccc(NC(=O)CSCCCO)cc1. The van der Waals surface area contributed by atoms with E-state index in [0.717, 1.165) is 5.75 Å². The van der Waals surface area contributed by atoms with Crippen molar-refractivity contribution in [3.63, 3.8) is 0 Å². The Labute approximate surface area is 122 Å². The fourth-order valence-electron chi connectivity index (χ4n) is 1.43. The average Bonchev–Trinajstić information content (AvgIpc) is 2.45. The smallest absolute Gasteiger partial charge is 0.338 e. The third-order valence-corrected chi connectivity index (χ3v) is 3.40. The van der Waals surface area contributed by atoms with Crippen LogP contribution in [0.25, 0.3) is 0 Å². The van der Waals surface area contributed by atoms with Gasteiger partial charge in [-0.05, 0) is 43.4 Å². The molecule has 0 unspecified atom stereocenters. The molecular formula is C14H19NO4S. The van der Waals surface area contributed by atoms with Crippen LogP contribution >= 0.6 is 11.8 Å². The molecule has 1 amide bonds. The minimum atomic E-state index is -0.370. The number of aliphatic hydroxyl groups excluding tert-OH is 1. The van der Waals surface area contributed by atoms with Crippen LogP contribution in [0.3, 0.4) is 0 Å². The van der Waals surface area contributed by atoms with Crippen LogP contribution in [0.2, 0.25) is 0 Å². The quantitative estimate of drug-likeness (QED) is 0.566. The highest BCUT2D eigenvalue weighted by Crippen LogP contribution is 2.11. The van der Waals surface area contributed by atoms with Crippen LogP contribution in [0.4, 0.5) is 5.69 Å². The summed E-state index contributed by atoms with van der Waals surface area (Å²) in [5.41, 5.74) is 1.10. The predicted molar refractivity (Wildman–Crippen MR) is 80.1 cm³/mol. The van der Waals surface area contributed by atoms with E-state index in [9.17, 15) is 9.59 Å². The van der Waals surface area contributed by atoms with Crippen molar-refractivity contribution in [2.75, 3.05) is 30.0 Å². The van der Waals surface area contributed by atoms with E-state index in [-0.39, 0.29) is 18.5 Å². The largest absolute Gasteiger partial charge is 0.462 e. The molecule has 20 heavy (non-hydrogen) atoms. The lowest BCUT2D eigenvalue weighted by Gasteiger charge is -2.06. The molecule has 6 heteroatoms. The van der Waals surface area contributed by atoms with Gasteiger partial charge in [-0.15, -0.1) is 0 Å². The molecule has 0 saturated heterocycles. The number of rotatable bonds is 8. The zero-order chi connectivity index (χ0) is 14.8. The fraction of sp³-hybridized carbons (Fsp3) is 0.429. The summed E-state index contributed by atoms with van der Waals surface area (Å²) in [7, 11) is 0. The number of anilines is 1. The number of carbonyl (C=O) groups excluding carboxylic acids is 2. The molecule has 1 aromatic carbocycles. The predicted octanol–water partition coefficient (Wildman–Crippen LogP) is 1.92. The molecule has 110 valence electrons. The van der Waals surface area contributed by atoms with Crippen molar-refractivity contribution in [1.82, 2.24) is 0 Å². The lowest BCUT2D eigenvalue weighted by molar-refractivity contribution is -0.113. The normalized spacial score (nSPS) is 10.1. The Morgan fingerprint density at radius 3 is 2.60 bits per heavy atom. The van der Waals surface area contributed by atoms with Gasteiger partial charge >= 0.3 is 5.97 Å². The molecule has 5 nitrogen and oxygen atoms in total. The average molecular weight is 297 g/mol. The maximum Gasteiger partial charge on any atom is 0.338 e. The standard InChI is InChI=1S/C14H19NO4S/c1-2-19-14(18)11-4-6-12(7-5-11)15-13(17)10-20-9-3-8-16/h4-7,16H,2-3,8-10H2,1H3,(H,15,17). The first-order chi connectivity index (χ1) is 9.67. The number of carbonyl (C=O) groups is 2. The summed E-state index contributed by atoms with van der Waals surface area (Å²) < 4.78 is 4.87. The number of aliphatic hydroxyl groups is 1. The molecule has 0 aliphatic rings. The van der Waals surface area contributed by atoms with E-state index in [1.54, 1.807) is 31.2 Å². The van der Waals surface area contributed by atoms with Gasteiger partial charge in [-0.3, -0.25) is 4.79 Å². The second kappa shape index (κ2) is 9.39. The second-order valence-corrected chi connectivity index (χ2v) is 5.08. The Morgan fingerprint density at radius 1 is 1.30 bits per heavy atom. The van der Waals surface area contributed by atoms with Crippen molar-refractivity contribution < 1.29 is 19.4 Å². The van der Waals surface area contributed by atoms with Gasteiger partial charge in [0, 0.05) is 12.3 Å². The molecule has 0 fully saturated rings. The topological polar surface area (TPSA) is 75.6 Å². The Morgan fingerprint density at radius 2 is 2.00 bits per heavy atom. The highest BCUT2D eigenvalue weighted by molar-refractivity contribution is 7.99. The molecule has 0 radical (unpaired) electrons. The van der Waals surface area contributed by atoms with Gasteiger partial charge in [0.15, 0.2) is 0 Å². The number of hydrogen-bond donors (Lipinski definition) is 2. The molecule has 0 atom stereocenters. The van der Waals surface area contributed by atoms with E-state index in [0.29, 0.717) is 30.0 Å². The van der Waals surface area contributed by atoms with Gasteiger partial charge in [0.05, 0.1) is 17.9 Å². The van der Waals surface area contributed by atoms with Gasteiger partial charge in [-0.25, -0.2) is 4.79 Å². The molecule has 0 saturated carbocycles. The first kappa shape index (κ1) is 16.5. The van der Waals surface area contributed by atoms with E-state index < -0.39 is 0 Å². The lowest BCUT2D eigenvalue weighted by atomic mass is 10.2. The molecule has 0 heterocycles. The van der Waals surface area contributed by atoms with Crippen LogP contribution in [0.15, 0.2) is 24.3 Å². The molecular weight excluding hydrogens is 278 g/mol. The molecule has 2 N–H and O–H groups in total. The summed E-state index contributed by atoms with van der Waals surface area (Å²) in [6.45, 7) is 2.23. The first-order valence-corrected chi connectivity index (χ1v) is 7.58. The molecule has 1 rings (SSSR count). The number of esters is 1. The van der Waals surface area contributed by atoms with Gasteiger partial charge in [0.1, 0.15) is 0 Å². The maximum absolute atomic E-state index is 11.6. The van der Waals surface area contributed by atoms with Gasteiger partial charge in [-0.2, -0.15) is 11.8 Å². The van der Waals surface area contributed by atoms with Crippen molar-refractivity contribution in [3.8, 4) is 0 Å². The fourth-order valence-corrected chi connectivity index (χ4v) is 2.17. The number of hydrogen-bond acceptors (Lipinski definition) is 5. The number of nitrogens with one attached hydrogen (secondary N) is 1. The highest BCUT2D eigenvalue weighted by atomic mass is 32.2. The van der Waals surface area contributed by atoms with Crippen LogP contribution in [-0.2, 0) is 9.53 Å². The monoisotopic (exact) mass is 297 g/mol. The number of ether oxygens (including phenoxy) is 1. The molecule has 0 bridgehead atoms. The van der Waals surface area contributed by atoms with Gasteiger partial charge in [-0.1, -0.05) is 0 Å². The minimum absolute atomic E-state index is 0.100. The van der Waals surface area contributed by atoms with E-state index in [4.69, 9.17) is 9.84 Å². The highest BCUT2D eigenvalue weighted by Gasteiger charge is 2.07.